The van der Waals surface area contributed by atoms with Crippen LogP contribution >= 0.6 is 0 Å². The molecule has 0 N–H and O–H groups in total. The van der Waals surface area contributed by atoms with Gasteiger partial charge in [-0.3, -0.25) is 9.59 Å². The van der Waals surface area contributed by atoms with E-state index in [1.807, 2.05) is 0 Å². The fraction of sp³-hybridized carbons (Fsp3) is 0.857. The highest BCUT2D eigenvalue weighted by Gasteiger charge is 2.60. The van der Waals surface area contributed by atoms with Crippen LogP contribution in [0.5, 0.6) is 0 Å². The summed E-state index contributed by atoms with van der Waals surface area (Å²) in [6.07, 6.45) is 17.2. The molecule has 178 valence electrons. The van der Waals surface area contributed by atoms with E-state index in [2.05, 4.69) is 19.9 Å². The number of allylic oxidation sites excluding steroid dienone is 1. The van der Waals surface area contributed by atoms with E-state index < -0.39 is 0 Å². The van der Waals surface area contributed by atoms with Gasteiger partial charge in [0.25, 0.3) is 0 Å². The molecule has 0 saturated heterocycles. The number of hydrogen-bond acceptors (Lipinski definition) is 4. The Kier molecular flexibility index (Phi) is 5.95. The first-order valence-electron chi connectivity index (χ1n) is 13.4. The third-order valence-corrected chi connectivity index (χ3v) is 10.5. The molecule has 7 atom stereocenters. The predicted molar refractivity (Wildman–Crippen MR) is 124 cm³/mol. The van der Waals surface area contributed by atoms with Gasteiger partial charge < -0.3 is 9.47 Å². The van der Waals surface area contributed by atoms with Gasteiger partial charge in [0.15, 0.2) is 0 Å². The van der Waals surface area contributed by atoms with E-state index in [0.29, 0.717) is 17.8 Å². The minimum absolute atomic E-state index is 0.0580. The summed E-state index contributed by atoms with van der Waals surface area (Å²) in [6, 6.07) is 0. The first kappa shape index (κ1) is 22.5. The summed E-state index contributed by atoms with van der Waals surface area (Å²) >= 11 is 0. The number of carbonyl (C=O) groups is 2. The molecule has 32 heavy (non-hydrogen) atoms. The first-order valence-corrected chi connectivity index (χ1v) is 13.4. The number of ether oxygens (including phenoxy) is 2. The SMILES string of the molecule is CC(=O)O[C@H]1CC[C@@]2(C)C(=CC[C@H]3[C@@H]4CC[C@H](C(=O)OC5CCCCC5)[C@@]4(C)CC[C@@H]32)C1. The highest BCUT2D eigenvalue weighted by molar-refractivity contribution is 5.74. The zero-order chi connectivity index (χ0) is 22.5. The maximum Gasteiger partial charge on any atom is 0.309 e. The minimum atomic E-state index is -0.154. The van der Waals surface area contributed by atoms with Crippen molar-refractivity contribution in [2.75, 3.05) is 0 Å². The van der Waals surface area contributed by atoms with Crippen LogP contribution in [0.1, 0.15) is 104 Å². The van der Waals surface area contributed by atoms with Crippen molar-refractivity contribution in [2.45, 2.75) is 116 Å². The number of carbonyl (C=O) groups excluding carboxylic acids is 2. The summed E-state index contributed by atoms with van der Waals surface area (Å²) in [5.74, 6) is 2.06. The Morgan fingerprint density at radius 1 is 0.875 bits per heavy atom. The van der Waals surface area contributed by atoms with Crippen LogP contribution < -0.4 is 0 Å². The van der Waals surface area contributed by atoms with Gasteiger partial charge in [0.05, 0.1) is 5.92 Å². The molecule has 4 fully saturated rings. The van der Waals surface area contributed by atoms with Gasteiger partial charge in [-0.2, -0.15) is 0 Å². The topological polar surface area (TPSA) is 52.6 Å². The van der Waals surface area contributed by atoms with Crippen LogP contribution in [0.3, 0.4) is 0 Å². The molecule has 0 amide bonds. The van der Waals surface area contributed by atoms with Crippen LogP contribution in [0, 0.1) is 34.5 Å². The Balaban J connectivity index is 1.30. The molecule has 0 aromatic rings. The molecule has 5 aliphatic rings. The Bertz CT molecular complexity index is 780. The summed E-state index contributed by atoms with van der Waals surface area (Å²) in [5, 5.41) is 0. The molecule has 0 aliphatic heterocycles. The van der Waals surface area contributed by atoms with Crippen LogP contribution in [-0.4, -0.2) is 24.1 Å². The van der Waals surface area contributed by atoms with Gasteiger partial charge in [-0.25, -0.2) is 0 Å². The van der Waals surface area contributed by atoms with Gasteiger partial charge in [-0.1, -0.05) is 31.9 Å². The molecule has 4 heteroatoms. The Morgan fingerprint density at radius 3 is 2.41 bits per heavy atom. The van der Waals surface area contributed by atoms with E-state index in [9.17, 15) is 9.59 Å². The van der Waals surface area contributed by atoms with Crippen LogP contribution in [-0.2, 0) is 19.1 Å². The summed E-state index contributed by atoms with van der Waals surface area (Å²) in [6.45, 7) is 6.41. The van der Waals surface area contributed by atoms with Crippen molar-refractivity contribution in [2.24, 2.45) is 34.5 Å². The number of hydrogen-bond donors (Lipinski definition) is 0. The van der Waals surface area contributed by atoms with Gasteiger partial charge in [0, 0.05) is 13.3 Å². The second-order valence-corrected chi connectivity index (χ2v) is 12.1. The van der Waals surface area contributed by atoms with Crippen LogP contribution in [0.2, 0.25) is 0 Å². The van der Waals surface area contributed by atoms with Gasteiger partial charge in [0.1, 0.15) is 12.2 Å². The van der Waals surface area contributed by atoms with E-state index >= 15 is 0 Å². The quantitative estimate of drug-likeness (QED) is 0.376. The van der Waals surface area contributed by atoms with E-state index in [4.69, 9.17) is 9.47 Å². The molecule has 5 rings (SSSR count). The van der Waals surface area contributed by atoms with Gasteiger partial charge in [-0.15, -0.1) is 0 Å². The van der Waals surface area contributed by atoms with Crippen LogP contribution in [0.25, 0.3) is 0 Å². The lowest BCUT2D eigenvalue weighted by Gasteiger charge is -2.57. The molecule has 0 unspecified atom stereocenters. The molecule has 4 nitrogen and oxygen atoms in total. The zero-order valence-electron chi connectivity index (χ0n) is 20.4. The maximum absolute atomic E-state index is 13.3. The fourth-order valence-electron chi connectivity index (χ4n) is 8.78. The van der Waals surface area contributed by atoms with Crippen molar-refractivity contribution in [3.05, 3.63) is 11.6 Å². The molecular formula is C28H42O4. The molecule has 0 bridgehead atoms. The van der Waals surface area contributed by atoms with Crippen molar-refractivity contribution < 1.29 is 19.1 Å². The maximum atomic E-state index is 13.3. The van der Waals surface area contributed by atoms with Crippen LogP contribution in [0.15, 0.2) is 11.6 Å². The van der Waals surface area contributed by atoms with Crippen molar-refractivity contribution in [3.63, 3.8) is 0 Å². The highest BCUT2D eigenvalue weighted by atomic mass is 16.5. The summed E-state index contributed by atoms with van der Waals surface area (Å²) in [4.78, 5) is 24.7. The number of rotatable bonds is 3. The average Bonchev–Trinajstić information content (AvgIpc) is 3.12. The molecular weight excluding hydrogens is 400 g/mol. The Hall–Kier alpha value is -1.32. The first-order chi connectivity index (χ1) is 15.3. The van der Waals surface area contributed by atoms with Gasteiger partial charge in [-0.05, 0) is 99.2 Å². The largest absolute Gasteiger partial charge is 0.462 e. The molecule has 0 heterocycles. The Morgan fingerprint density at radius 2 is 1.66 bits per heavy atom. The third kappa shape index (κ3) is 3.74. The normalized spacial score (nSPS) is 44.0. The van der Waals surface area contributed by atoms with Crippen molar-refractivity contribution in [1.29, 1.82) is 0 Å². The zero-order valence-corrected chi connectivity index (χ0v) is 20.4. The molecule has 0 aromatic heterocycles. The number of esters is 2. The molecule has 4 saturated carbocycles. The monoisotopic (exact) mass is 442 g/mol. The molecule has 0 aromatic carbocycles. The fourth-order valence-corrected chi connectivity index (χ4v) is 8.78. The highest BCUT2D eigenvalue weighted by Crippen LogP contribution is 2.66. The minimum Gasteiger partial charge on any atom is -0.462 e. The van der Waals surface area contributed by atoms with Gasteiger partial charge in [0.2, 0.25) is 0 Å². The van der Waals surface area contributed by atoms with Crippen molar-refractivity contribution in [3.8, 4) is 0 Å². The standard InChI is InChI=1S/C28H42O4/c1-18(29)31-21-13-15-27(2)19(17-21)9-10-22-23-11-12-25(28(23,3)16-14-24(22)27)26(30)32-20-7-5-4-6-8-20/h9,20-25H,4-8,10-17H2,1-3H3/t21-,22-,23-,24-,25+,27-,28-/m0/s1. The van der Waals surface area contributed by atoms with Crippen molar-refractivity contribution >= 4 is 11.9 Å². The Labute approximate surface area is 193 Å². The van der Waals surface area contributed by atoms with E-state index in [1.165, 1.54) is 44.6 Å². The lowest BCUT2D eigenvalue weighted by Crippen LogP contribution is -2.51. The summed E-state index contributed by atoms with van der Waals surface area (Å²) in [7, 11) is 0. The lowest BCUT2D eigenvalue weighted by atomic mass is 9.47. The van der Waals surface area contributed by atoms with E-state index in [1.54, 1.807) is 0 Å². The predicted octanol–water partition coefficient (Wildman–Crippen LogP) is 6.37. The average molecular weight is 443 g/mol. The van der Waals surface area contributed by atoms with E-state index in [0.717, 1.165) is 51.4 Å². The molecule has 5 aliphatic carbocycles. The molecule has 0 spiro atoms. The van der Waals surface area contributed by atoms with Gasteiger partial charge >= 0.3 is 11.9 Å². The second kappa shape index (κ2) is 8.47. The third-order valence-electron chi connectivity index (χ3n) is 10.5. The lowest BCUT2D eigenvalue weighted by molar-refractivity contribution is -0.163. The van der Waals surface area contributed by atoms with Crippen molar-refractivity contribution in [1.82, 2.24) is 0 Å². The van der Waals surface area contributed by atoms with E-state index in [-0.39, 0.29) is 40.9 Å². The summed E-state index contributed by atoms with van der Waals surface area (Å²) in [5.41, 5.74) is 1.87. The second-order valence-electron chi connectivity index (χ2n) is 12.1. The smallest absolute Gasteiger partial charge is 0.309 e. The number of fused-ring (bicyclic) bond motifs is 5. The summed E-state index contributed by atoms with van der Waals surface area (Å²) < 4.78 is 11.7. The van der Waals surface area contributed by atoms with Crippen LogP contribution in [0.4, 0.5) is 0 Å². The molecule has 0 radical (unpaired) electrons.